The summed E-state index contributed by atoms with van der Waals surface area (Å²) in [6, 6.07) is 15.4. The molecule has 0 bridgehead atoms. The number of rotatable bonds is 6. The normalized spacial score (nSPS) is 19.2. The van der Waals surface area contributed by atoms with Gasteiger partial charge in [0.15, 0.2) is 0 Å². The molecule has 1 unspecified atom stereocenters. The Bertz CT molecular complexity index is 894. The van der Waals surface area contributed by atoms with Crippen LogP contribution in [0, 0.1) is 5.92 Å². The summed E-state index contributed by atoms with van der Waals surface area (Å²) in [5.74, 6) is 0.0491. The SMILES string of the molecule is CCC(=O)N1c2ccccc2[C@H](Nc2ccc(NC(=O)C(N)C(C)C)cc2)C[C@@H]1C. The van der Waals surface area contributed by atoms with Crippen LogP contribution >= 0.6 is 0 Å². The molecule has 1 aliphatic rings. The minimum atomic E-state index is -0.531. The minimum Gasteiger partial charge on any atom is -0.378 e. The number of amides is 2. The molecule has 160 valence electrons. The van der Waals surface area contributed by atoms with E-state index in [-0.39, 0.29) is 29.8 Å². The maximum atomic E-state index is 12.5. The zero-order valence-corrected chi connectivity index (χ0v) is 18.2. The number of hydrogen-bond donors (Lipinski definition) is 3. The van der Waals surface area contributed by atoms with Crippen LogP contribution in [0.2, 0.25) is 0 Å². The molecule has 6 nitrogen and oxygen atoms in total. The molecule has 30 heavy (non-hydrogen) atoms. The molecule has 1 aliphatic heterocycles. The Labute approximate surface area is 178 Å². The Hall–Kier alpha value is -2.86. The molecule has 0 saturated heterocycles. The highest BCUT2D eigenvalue weighted by Crippen LogP contribution is 2.39. The van der Waals surface area contributed by atoms with Gasteiger partial charge in [0.1, 0.15) is 0 Å². The third-order valence-electron chi connectivity index (χ3n) is 5.67. The van der Waals surface area contributed by atoms with Crippen LogP contribution in [0.15, 0.2) is 48.5 Å². The monoisotopic (exact) mass is 408 g/mol. The number of nitrogens with one attached hydrogen (secondary N) is 2. The topological polar surface area (TPSA) is 87.5 Å². The number of benzene rings is 2. The van der Waals surface area contributed by atoms with Gasteiger partial charge >= 0.3 is 0 Å². The summed E-state index contributed by atoms with van der Waals surface area (Å²) < 4.78 is 0. The lowest BCUT2D eigenvalue weighted by Crippen LogP contribution is -2.44. The van der Waals surface area contributed by atoms with Crippen LogP contribution in [0.3, 0.4) is 0 Å². The number of carbonyl (C=O) groups is 2. The Kier molecular flexibility index (Phi) is 6.77. The first-order valence-electron chi connectivity index (χ1n) is 10.7. The maximum absolute atomic E-state index is 12.5. The van der Waals surface area contributed by atoms with Gasteiger partial charge in [0.05, 0.1) is 12.1 Å². The number of para-hydroxylation sites is 1. The molecule has 2 aromatic carbocycles. The summed E-state index contributed by atoms with van der Waals surface area (Å²) >= 11 is 0. The van der Waals surface area contributed by atoms with Crippen molar-refractivity contribution in [2.45, 2.75) is 58.7 Å². The number of nitrogens with zero attached hydrogens (tertiary/aromatic N) is 1. The van der Waals surface area contributed by atoms with E-state index in [2.05, 4.69) is 23.6 Å². The van der Waals surface area contributed by atoms with Gasteiger partial charge in [0.25, 0.3) is 0 Å². The zero-order chi connectivity index (χ0) is 21.8. The molecule has 3 rings (SSSR count). The van der Waals surface area contributed by atoms with E-state index >= 15 is 0 Å². The molecule has 0 spiro atoms. The van der Waals surface area contributed by atoms with Crippen LogP contribution < -0.4 is 21.3 Å². The summed E-state index contributed by atoms with van der Waals surface area (Å²) in [6.07, 6.45) is 1.31. The van der Waals surface area contributed by atoms with Gasteiger partial charge in [0.2, 0.25) is 11.8 Å². The average molecular weight is 409 g/mol. The molecule has 6 heteroatoms. The van der Waals surface area contributed by atoms with E-state index < -0.39 is 6.04 Å². The third-order valence-corrected chi connectivity index (χ3v) is 5.67. The first kappa shape index (κ1) is 21.8. The highest BCUT2D eigenvalue weighted by atomic mass is 16.2. The standard InChI is InChI=1S/C24H32N4O2/c1-5-22(29)28-16(4)14-20(19-8-6-7-9-21(19)28)26-17-10-12-18(13-11-17)27-24(30)23(25)15(2)3/h6-13,15-16,20,23,26H,5,14,25H2,1-4H3,(H,27,30)/t16-,20+,23?/m0/s1. The summed E-state index contributed by atoms with van der Waals surface area (Å²) in [7, 11) is 0. The lowest BCUT2D eigenvalue weighted by molar-refractivity contribution is -0.119. The van der Waals surface area contributed by atoms with Gasteiger partial charge in [-0.25, -0.2) is 0 Å². The molecule has 0 aromatic heterocycles. The Morgan fingerprint density at radius 2 is 1.73 bits per heavy atom. The van der Waals surface area contributed by atoms with E-state index in [4.69, 9.17) is 5.73 Å². The minimum absolute atomic E-state index is 0.0819. The van der Waals surface area contributed by atoms with E-state index in [0.29, 0.717) is 6.42 Å². The summed E-state index contributed by atoms with van der Waals surface area (Å²) in [6.45, 7) is 7.84. The van der Waals surface area contributed by atoms with Gasteiger partial charge in [-0.2, -0.15) is 0 Å². The number of nitrogens with two attached hydrogens (primary N) is 1. The Morgan fingerprint density at radius 1 is 1.10 bits per heavy atom. The van der Waals surface area contributed by atoms with Crippen molar-refractivity contribution in [2.75, 3.05) is 15.5 Å². The predicted octanol–water partition coefficient (Wildman–Crippen LogP) is 4.30. The molecule has 0 aliphatic carbocycles. The van der Waals surface area contributed by atoms with Crippen molar-refractivity contribution in [3.63, 3.8) is 0 Å². The summed E-state index contributed by atoms with van der Waals surface area (Å²) in [5, 5.41) is 6.46. The van der Waals surface area contributed by atoms with Crippen LogP contribution in [0.5, 0.6) is 0 Å². The van der Waals surface area contributed by atoms with Crippen LogP contribution in [0.1, 0.15) is 52.1 Å². The van der Waals surface area contributed by atoms with Gasteiger partial charge in [-0.05, 0) is 55.2 Å². The number of fused-ring (bicyclic) bond motifs is 1. The summed E-state index contributed by atoms with van der Waals surface area (Å²) in [5.41, 5.74) is 9.69. The van der Waals surface area contributed by atoms with Crippen molar-refractivity contribution in [2.24, 2.45) is 11.7 Å². The first-order chi connectivity index (χ1) is 14.3. The molecule has 2 amide bonds. The Balaban J connectivity index is 1.75. The molecular formula is C24H32N4O2. The predicted molar refractivity (Wildman–Crippen MR) is 123 cm³/mol. The largest absolute Gasteiger partial charge is 0.378 e. The fourth-order valence-corrected chi connectivity index (χ4v) is 3.88. The zero-order valence-electron chi connectivity index (χ0n) is 18.2. The molecule has 4 N–H and O–H groups in total. The molecular weight excluding hydrogens is 376 g/mol. The van der Waals surface area contributed by atoms with Gasteiger partial charge in [-0.3, -0.25) is 9.59 Å². The summed E-state index contributed by atoms with van der Waals surface area (Å²) in [4.78, 5) is 26.6. The molecule has 1 heterocycles. The lowest BCUT2D eigenvalue weighted by Gasteiger charge is -2.40. The van der Waals surface area contributed by atoms with Crippen LogP contribution in [-0.2, 0) is 9.59 Å². The number of hydrogen-bond acceptors (Lipinski definition) is 4. The van der Waals surface area contributed by atoms with Gasteiger partial charge in [0, 0.05) is 29.5 Å². The quantitative estimate of drug-likeness (QED) is 0.665. The third kappa shape index (κ3) is 4.65. The van der Waals surface area contributed by atoms with E-state index in [1.807, 2.05) is 68.1 Å². The average Bonchev–Trinajstić information content (AvgIpc) is 2.74. The van der Waals surface area contributed by atoms with Crippen molar-refractivity contribution >= 4 is 28.9 Å². The second kappa shape index (κ2) is 9.30. The fraction of sp³-hybridized carbons (Fsp3) is 0.417. The second-order valence-corrected chi connectivity index (χ2v) is 8.29. The number of carbonyl (C=O) groups excluding carboxylic acids is 2. The van der Waals surface area contributed by atoms with Crippen LogP contribution in [0.4, 0.5) is 17.1 Å². The van der Waals surface area contributed by atoms with E-state index in [1.54, 1.807) is 0 Å². The van der Waals surface area contributed by atoms with Crippen molar-refractivity contribution in [3.8, 4) is 0 Å². The van der Waals surface area contributed by atoms with Crippen molar-refractivity contribution in [1.82, 2.24) is 0 Å². The molecule has 0 fully saturated rings. The lowest BCUT2D eigenvalue weighted by atomic mass is 9.91. The van der Waals surface area contributed by atoms with Crippen molar-refractivity contribution < 1.29 is 9.59 Å². The Morgan fingerprint density at radius 3 is 2.37 bits per heavy atom. The smallest absolute Gasteiger partial charge is 0.241 e. The second-order valence-electron chi connectivity index (χ2n) is 8.29. The maximum Gasteiger partial charge on any atom is 0.241 e. The fourth-order valence-electron chi connectivity index (χ4n) is 3.88. The van der Waals surface area contributed by atoms with Crippen LogP contribution in [0.25, 0.3) is 0 Å². The highest BCUT2D eigenvalue weighted by Gasteiger charge is 2.32. The van der Waals surface area contributed by atoms with E-state index in [9.17, 15) is 9.59 Å². The van der Waals surface area contributed by atoms with Gasteiger partial charge in [-0.1, -0.05) is 39.0 Å². The van der Waals surface area contributed by atoms with E-state index in [1.165, 1.54) is 0 Å². The molecule has 3 atom stereocenters. The van der Waals surface area contributed by atoms with Crippen molar-refractivity contribution in [3.05, 3.63) is 54.1 Å². The first-order valence-corrected chi connectivity index (χ1v) is 10.7. The molecule has 0 radical (unpaired) electrons. The number of anilines is 3. The molecule has 0 saturated carbocycles. The highest BCUT2D eigenvalue weighted by molar-refractivity contribution is 5.96. The van der Waals surface area contributed by atoms with Gasteiger partial charge < -0.3 is 21.3 Å². The van der Waals surface area contributed by atoms with E-state index in [0.717, 1.165) is 29.0 Å². The van der Waals surface area contributed by atoms with Crippen LogP contribution in [-0.4, -0.2) is 23.9 Å². The van der Waals surface area contributed by atoms with Crippen molar-refractivity contribution in [1.29, 1.82) is 0 Å². The van der Waals surface area contributed by atoms with Gasteiger partial charge in [-0.15, -0.1) is 0 Å². The molecule has 2 aromatic rings.